The first kappa shape index (κ1) is 39.7. The SMILES string of the molecule is C=CCCC(=O)NC[C@H](OC(=O)[C@@H]1[C@@H]2CC[C@]3(O2)[C@H](C(=O)N(CC=C)c2ccc(N(CC)CC)cc2)N([C@@H](CO)CC(C)C)C(=O)[C@@H]13)c1ccccc1. The van der Waals surface area contributed by atoms with Crippen LogP contribution in [0.15, 0.2) is 79.9 Å². The number of esters is 1. The highest BCUT2D eigenvalue weighted by Crippen LogP contribution is 2.59. The average molecular weight is 729 g/mol. The Labute approximate surface area is 314 Å². The van der Waals surface area contributed by atoms with Gasteiger partial charge in [-0.2, -0.15) is 0 Å². The predicted molar refractivity (Wildman–Crippen MR) is 205 cm³/mol. The van der Waals surface area contributed by atoms with Crippen LogP contribution in [0.25, 0.3) is 0 Å². The molecule has 3 aliphatic rings. The molecule has 3 amide bonds. The first-order chi connectivity index (χ1) is 25.5. The number of amides is 3. The Morgan fingerprint density at radius 3 is 2.34 bits per heavy atom. The second-order valence-corrected chi connectivity index (χ2v) is 14.7. The highest BCUT2D eigenvalue weighted by atomic mass is 16.6. The van der Waals surface area contributed by atoms with Crippen LogP contribution in [0.5, 0.6) is 0 Å². The first-order valence-corrected chi connectivity index (χ1v) is 19.1. The van der Waals surface area contributed by atoms with Gasteiger partial charge in [-0.05, 0) is 75.3 Å². The standard InChI is InChI=1S/C42H56N4O7/c1-7-11-17-35(48)43-26-34(29-15-13-12-14-16-29)52-41(51)36-33-22-23-42(53-33)37(36)39(49)46(32(27-47)25-28(5)6)38(42)40(50)45(24-8-2)31-20-18-30(19-21-31)44(9-3)10-4/h7-8,12-16,18-21,28,32-34,36-38,47H,1-2,9-11,17,22-27H2,3-6H3,(H,43,48)/t32-,33+,34+,36-,37-,38+,42-/m1/s1. The molecule has 3 aliphatic heterocycles. The van der Waals surface area contributed by atoms with E-state index in [4.69, 9.17) is 9.47 Å². The van der Waals surface area contributed by atoms with Crippen molar-refractivity contribution in [2.45, 2.75) is 89.7 Å². The number of hydrogen-bond donors (Lipinski definition) is 2. The maximum Gasteiger partial charge on any atom is 0.313 e. The Morgan fingerprint density at radius 1 is 1.06 bits per heavy atom. The quantitative estimate of drug-likeness (QED) is 0.149. The summed E-state index contributed by atoms with van der Waals surface area (Å²) in [5.41, 5.74) is 1.07. The zero-order valence-corrected chi connectivity index (χ0v) is 31.6. The molecule has 2 aromatic carbocycles. The van der Waals surface area contributed by atoms with E-state index in [1.807, 2.05) is 68.4 Å². The van der Waals surface area contributed by atoms with E-state index >= 15 is 4.79 Å². The van der Waals surface area contributed by atoms with Gasteiger partial charge in [0.05, 0.1) is 37.1 Å². The van der Waals surface area contributed by atoms with Crippen LogP contribution < -0.4 is 15.1 Å². The van der Waals surface area contributed by atoms with E-state index in [0.717, 1.165) is 18.8 Å². The molecule has 1 spiro atoms. The molecule has 2 aromatic rings. The van der Waals surface area contributed by atoms with Gasteiger partial charge in [0, 0.05) is 37.4 Å². The number of allylic oxidation sites excluding steroid dienone is 1. The molecule has 0 saturated carbocycles. The largest absolute Gasteiger partial charge is 0.455 e. The molecule has 0 radical (unpaired) electrons. The molecule has 2 N–H and O–H groups in total. The van der Waals surface area contributed by atoms with Gasteiger partial charge in [-0.15, -0.1) is 13.2 Å². The summed E-state index contributed by atoms with van der Waals surface area (Å²) < 4.78 is 12.9. The fourth-order valence-corrected chi connectivity index (χ4v) is 8.53. The van der Waals surface area contributed by atoms with E-state index in [9.17, 15) is 19.5 Å². The van der Waals surface area contributed by atoms with Crippen LogP contribution in [0, 0.1) is 17.8 Å². The minimum absolute atomic E-state index is 0.0471. The minimum Gasteiger partial charge on any atom is -0.455 e. The van der Waals surface area contributed by atoms with Gasteiger partial charge in [0.1, 0.15) is 17.7 Å². The van der Waals surface area contributed by atoms with Crippen LogP contribution in [-0.4, -0.2) is 90.3 Å². The number of nitrogens with one attached hydrogen (secondary N) is 1. The Balaban J connectivity index is 1.50. The van der Waals surface area contributed by atoms with Crippen molar-refractivity contribution in [2.75, 3.05) is 42.6 Å². The molecular formula is C42H56N4O7. The lowest BCUT2D eigenvalue weighted by molar-refractivity contribution is -0.161. The van der Waals surface area contributed by atoms with Crippen molar-refractivity contribution in [2.24, 2.45) is 17.8 Å². The van der Waals surface area contributed by atoms with Crippen molar-refractivity contribution in [3.8, 4) is 0 Å². The van der Waals surface area contributed by atoms with Gasteiger partial charge >= 0.3 is 5.97 Å². The van der Waals surface area contributed by atoms with Gasteiger partial charge in [0.25, 0.3) is 5.91 Å². The molecule has 0 aliphatic carbocycles. The highest BCUT2D eigenvalue weighted by molar-refractivity contribution is 6.05. The van der Waals surface area contributed by atoms with Gasteiger partial charge in [0.2, 0.25) is 11.8 Å². The summed E-state index contributed by atoms with van der Waals surface area (Å²) in [6.07, 6.45) is 3.96. The van der Waals surface area contributed by atoms with Crippen LogP contribution in [0.4, 0.5) is 11.4 Å². The number of anilines is 2. The van der Waals surface area contributed by atoms with Crippen LogP contribution in [0.1, 0.15) is 71.5 Å². The summed E-state index contributed by atoms with van der Waals surface area (Å²) in [5.74, 6) is -3.40. The van der Waals surface area contributed by atoms with E-state index in [1.165, 1.54) is 4.90 Å². The van der Waals surface area contributed by atoms with Crippen LogP contribution >= 0.6 is 0 Å². The first-order valence-electron chi connectivity index (χ1n) is 19.1. The van der Waals surface area contributed by atoms with Gasteiger partial charge in [-0.3, -0.25) is 19.2 Å². The number of ether oxygens (including phenoxy) is 2. The maximum absolute atomic E-state index is 15.1. The Morgan fingerprint density at radius 2 is 1.74 bits per heavy atom. The molecule has 2 bridgehead atoms. The molecule has 3 heterocycles. The number of carbonyl (C=O) groups is 4. The maximum atomic E-state index is 15.1. The normalized spacial score (nSPS) is 24.0. The van der Waals surface area contributed by atoms with Crippen LogP contribution in [-0.2, 0) is 28.7 Å². The van der Waals surface area contributed by atoms with Crippen molar-refractivity contribution >= 4 is 35.1 Å². The number of aliphatic hydroxyl groups is 1. The lowest BCUT2D eigenvalue weighted by Crippen LogP contribution is -2.59. The second-order valence-electron chi connectivity index (χ2n) is 14.7. The van der Waals surface area contributed by atoms with E-state index in [0.29, 0.717) is 36.9 Å². The predicted octanol–water partition coefficient (Wildman–Crippen LogP) is 5.20. The molecule has 11 nitrogen and oxygen atoms in total. The number of rotatable bonds is 19. The molecule has 7 atom stereocenters. The average Bonchev–Trinajstić information content (AvgIpc) is 3.81. The van der Waals surface area contributed by atoms with Gasteiger partial charge in [-0.1, -0.05) is 56.3 Å². The van der Waals surface area contributed by atoms with Crippen molar-refractivity contribution in [1.82, 2.24) is 10.2 Å². The summed E-state index contributed by atoms with van der Waals surface area (Å²) in [6, 6.07) is 15.2. The summed E-state index contributed by atoms with van der Waals surface area (Å²) in [5, 5.41) is 13.6. The monoisotopic (exact) mass is 728 g/mol. The molecule has 0 aromatic heterocycles. The van der Waals surface area contributed by atoms with Crippen molar-refractivity contribution in [1.29, 1.82) is 0 Å². The number of benzene rings is 2. The third kappa shape index (κ3) is 8.06. The highest BCUT2D eigenvalue weighted by Gasteiger charge is 2.75. The van der Waals surface area contributed by atoms with Crippen LogP contribution in [0.2, 0.25) is 0 Å². The zero-order chi connectivity index (χ0) is 38.3. The molecule has 3 saturated heterocycles. The van der Waals surface area contributed by atoms with E-state index in [2.05, 4.69) is 37.2 Å². The Hall–Kier alpha value is -4.48. The zero-order valence-electron chi connectivity index (χ0n) is 31.6. The third-order valence-electron chi connectivity index (χ3n) is 10.9. The molecule has 0 unspecified atom stereocenters. The van der Waals surface area contributed by atoms with E-state index in [1.54, 1.807) is 17.1 Å². The number of fused-ring (bicyclic) bond motifs is 1. The smallest absolute Gasteiger partial charge is 0.313 e. The van der Waals surface area contributed by atoms with Gasteiger partial charge in [-0.25, -0.2) is 0 Å². The molecule has 3 fully saturated rings. The lowest BCUT2D eigenvalue weighted by atomic mass is 9.70. The van der Waals surface area contributed by atoms with Crippen molar-refractivity contribution in [3.63, 3.8) is 0 Å². The molecule has 286 valence electrons. The van der Waals surface area contributed by atoms with Crippen molar-refractivity contribution < 1.29 is 33.8 Å². The number of nitrogens with zero attached hydrogens (tertiary/aromatic N) is 3. The topological polar surface area (TPSA) is 129 Å². The fraction of sp³-hybridized carbons (Fsp3) is 0.524. The molecule has 53 heavy (non-hydrogen) atoms. The number of carbonyl (C=O) groups excluding carboxylic acids is 4. The lowest BCUT2D eigenvalue weighted by Gasteiger charge is -2.39. The van der Waals surface area contributed by atoms with E-state index in [-0.39, 0.29) is 43.8 Å². The molecule has 5 rings (SSSR count). The van der Waals surface area contributed by atoms with Crippen molar-refractivity contribution in [3.05, 3.63) is 85.5 Å². The van der Waals surface area contributed by atoms with Gasteiger partial charge in [0.15, 0.2) is 0 Å². The van der Waals surface area contributed by atoms with Gasteiger partial charge < -0.3 is 34.6 Å². The Bertz CT molecular complexity index is 1610. The molecular weight excluding hydrogens is 672 g/mol. The number of likely N-dealkylation sites (tertiary alicyclic amines) is 1. The number of aliphatic hydroxyl groups excluding tert-OH is 1. The summed E-state index contributed by atoms with van der Waals surface area (Å²) in [4.78, 5) is 62.1. The summed E-state index contributed by atoms with van der Waals surface area (Å²) >= 11 is 0. The number of hydrogen-bond acceptors (Lipinski definition) is 8. The van der Waals surface area contributed by atoms with Crippen LogP contribution in [0.3, 0.4) is 0 Å². The molecule has 11 heteroatoms. The third-order valence-corrected chi connectivity index (χ3v) is 10.9. The Kier molecular flexibility index (Phi) is 13.2. The summed E-state index contributed by atoms with van der Waals surface area (Å²) in [6.45, 7) is 17.3. The summed E-state index contributed by atoms with van der Waals surface area (Å²) in [7, 11) is 0. The second kappa shape index (κ2) is 17.6. The fourth-order valence-electron chi connectivity index (χ4n) is 8.53. The minimum atomic E-state index is -1.30. The van der Waals surface area contributed by atoms with E-state index < -0.39 is 53.6 Å².